The molecule has 2 aromatic rings. The van der Waals surface area contributed by atoms with E-state index in [-0.39, 0.29) is 31.4 Å². The maximum atomic E-state index is 12.4. The number of nitrogens with two attached hydrogens (primary N) is 1. The fraction of sp³-hybridized carbons (Fsp3) is 0.200. The monoisotopic (exact) mass is 444 g/mol. The van der Waals surface area contributed by atoms with Gasteiger partial charge < -0.3 is 10.5 Å². The molecular formula is C20H17BrN2O5. The van der Waals surface area contributed by atoms with Gasteiger partial charge in [-0.3, -0.25) is 24.1 Å². The number of benzene rings is 2. The summed E-state index contributed by atoms with van der Waals surface area (Å²) < 4.78 is 5.90. The number of ether oxygens (including phenoxy) is 1. The van der Waals surface area contributed by atoms with E-state index in [0.717, 1.165) is 14.9 Å². The molecule has 3 rings (SSSR count). The Morgan fingerprint density at radius 3 is 2.36 bits per heavy atom. The molecule has 0 saturated carbocycles. The molecule has 1 aliphatic heterocycles. The van der Waals surface area contributed by atoms with E-state index in [4.69, 9.17) is 10.5 Å². The maximum Gasteiger partial charge on any atom is 0.306 e. The van der Waals surface area contributed by atoms with Crippen molar-refractivity contribution in [1.82, 2.24) is 4.90 Å². The van der Waals surface area contributed by atoms with Gasteiger partial charge in [-0.15, -0.1) is 0 Å². The van der Waals surface area contributed by atoms with Gasteiger partial charge in [0.25, 0.3) is 11.8 Å². The van der Waals surface area contributed by atoms with Crippen molar-refractivity contribution in [3.8, 4) is 0 Å². The molecule has 0 spiro atoms. The van der Waals surface area contributed by atoms with Crippen LogP contribution in [0.3, 0.4) is 0 Å². The van der Waals surface area contributed by atoms with Gasteiger partial charge in [-0.2, -0.15) is 0 Å². The van der Waals surface area contributed by atoms with Crippen LogP contribution in [0, 0.1) is 0 Å². The van der Waals surface area contributed by atoms with Gasteiger partial charge in [-0.05, 0) is 42.3 Å². The highest BCUT2D eigenvalue weighted by Gasteiger charge is 2.35. The lowest BCUT2D eigenvalue weighted by Crippen LogP contribution is -2.31. The van der Waals surface area contributed by atoms with Crippen molar-refractivity contribution in [3.05, 3.63) is 69.2 Å². The van der Waals surface area contributed by atoms with Crippen LogP contribution >= 0.6 is 15.9 Å². The molecule has 0 aliphatic carbocycles. The molecule has 7 nitrogen and oxygen atoms in total. The first-order valence-corrected chi connectivity index (χ1v) is 9.36. The van der Waals surface area contributed by atoms with E-state index < -0.39 is 11.9 Å². The Hall–Kier alpha value is -3.00. The highest BCUT2D eigenvalue weighted by molar-refractivity contribution is 9.10. The lowest BCUT2D eigenvalue weighted by Gasteiger charge is -2.13. The van der Waals surface area contributed by atoms with Crippen molar-refractivity contribution in [2.75, 3.05) is 6.54 Å². The number of amides is 3. The Morgan fingerprint density at radius 2 is 1.68 bits per heavy atom. The number of rotatable bonds is 7. The summed E-state index contributed by atoms with van der Waals surface area (Å²) >= 11 is 3.29. The molecule has 0 radical (unpaired) electrons. The number of esters is 1. The Labute approximate surface area is 169 Å². The van der Waals surface area contributed by atoms with Crippen LogP contribution in [0.2, 0.25) is 0 Å². The van der Waals surface area contributed by atoms with Gasteiger partial charge >= 0.3 is 5.97 Å². The number of hydrogen-bond donors (Lipinski definition) is 1. The van der Waals surface area contributed by atoms with Gasteiger partial charge in [-0.1, -0.05) is 28.1 Å². The standard InChI is InChI=1S/C20H17BrN2O5/c21-14-7-8-15-16(10-14)20(27)23(19(15)26)9-1-2-17(24)28-11-12-3-5-13(6-4-12)18(22)25/h3-8,10H,1-2,9,11H2,(H2,22,25). The molecule has 28 heavy (non-hydrogen) atoms. The van der Waals surface area contributed by atoms with Crippen molar-refractivity contribution in [1.29, 1.82) is 0 Å². The lowest BCUT2D eigenvalue weighted by molar-refractivity contribution is -0.145. The number of hydrogen-bond acceptors (Lipinski definition) is 5. The molecular weight excluding hydrogens is 428 g/mol. The molecule has 144 valence electrons. The van der Waals surface area contributed by atoms with Gasteiger partial charge in [0.2, 0.25) is 5.91 Å². The Balaban J connectivity index is 1.46. The highest BCUT2D eigenvalue weighted by Crippen LogP contribution is 2.26. The molecule has 0 atom stereocenters. The van der Waals surface area contributed by atoms with Crippen molar-refractivity contribution in [2.45, 2.75) is 19.4 Å². The summed E-state index contributed by atoms with van der Waals surface area (Å²) in [6, 6.07) is 11.4. The molecule has 2 N–H and O–H groups in total. The first-order valence-electron chi connectivity index (χ1n) is 8.57. The van der Waals surface area contributed by atoms with E-state index in [1.165, 1.54) is 0 Å². The SMILES string of the molecule is NC(=O)c1ccc(COC(=O)CCCN2C(=O)c3ccc(Br)cc3C2=O)cc1. The summed E-state index contributed by atoms with van der Waals surface area (Å²) in [6.45, 7) is 0.214. The van der Waals surface area contributed by atoms with Crippen molar-refractivity contribution < 1.29 is 23.9 Å². The summed E-state index contributed by atoms with van der Waals surface area (Å²) in [5, 5.41) is 0. The smallest absolute Gasteiger partial charge is 0.306 e. The fourth-order valence-corrected chi connectivity index (χ4v) is 3.21. The van der Waals surface area contributed by atoms with E-state index in [9.17, 15) is 19.2 Å². The summed E-state index contributed by atoms with van der Waals surface area (Å²) in [5.74, 6) is -1.66. The van der Waals surface area contributed by atoms with Crippen molar-refractivity contribution in [3.63, 3.8) is 0 Å². The summed E-state index contributed by atoms with van der Waals surface area (Å²) in [6.07, 6.45) is 0.391. The second-order valence-electron chi connectivity index (χ2n) is 6.28. The van der Waals surface area contributed by atoms with Crippen LogP contribution in [0.15, 0.2) is 46.9 Å². The zero-order valence-electron chi connectivity index (χ0n) is 14.8. The van der Waals surface area contributed by atoms with E-state index in [0.29, 0.717) is 23.1 Å². The summed E-state index contributed by atoms with van der Waals surface area (Å²) in [5.41, 5.74) is 7.01. The molecule has 3 amide bonds. The molecule has 0 aromatic heterocycles. The third-order valence-corrected chi connectivity index (χ3v) is 4.83. The second-order valence-corrected chi connectivity index (χ2v) is 7.19. The first kappa shape index (κ1) is 19.8. The van der Waals surface area contributed by atoms with Crippen LogP contribution in [0.1, 0.15) is 49.5 Å². The molecule has 0 fully saturated rings. The van der Waals surface area contributed by atoms with Crippen LogP contribution in [-0.4, -0.2) is 35.1 Å². The maximum absolute atomic E-state index is 12.4. The molecule has 1 aliphatic rings. The third kappa shape index (κ3) is 4.28. The van der Waals surface area contributed by atoms with Gasteiger partial charge in [-0.25, -0.2) is 0 Å². The summed E-state index contributed by atoms with van der Waals surface area (Å²) in [7, 11) is 0. The second kappa shape index (κ2) is 8.35. The van der Waals surface area contributed by atoms with E-state index in [1.807, 2.05) is 0 Å². The Kier molecular flexibility index (Phi) is 5.89. The topological polar surface area (TPSA) is 107 Å². The number of nitrogens with zero attached hydrogens (tertiary/aromatic N) is 1. The van der Waals surface area contributed by atoms with Crippen LogP contribution in [0.5, 0.6) is 0 Å². The first-order chi connectivity index (χ1) is 13.4. The molecule has 1 heterocycles. The van der Waals surface area contributed by atoms with E-state index in [2.05, 4.69) is 15.9 Å². The normalized spacial score (nSPS) is 12.8. The number of imide groups is 1. The average molecular weight is 445 g/mol. The van der Waals surface area contributed by atoms with Crippen LogP contribution < -0.4 is 5.73 Å². The number of carbonyl (C=O) groups excluding carboxylic acids is 4. The van der Waals surface area contributed by atoms with Crippen LogP contribution in [-0.2, 0) is 16.1 Å². The van der Waals surface area contributed by atoms with E-state index in [1.54, 1.807) is 42.5 Å². The number of primary amides is 1. The van der Waals surface area contributed by atoms with E-state index >= 15 is 0 Å². The zero-order chi connectivity index (χ0) is 20.3. The quantitative estimate of drug-likeness (QED) is 0.521. The van der Waals surface area contributed by atoms with Crippen molar-refractivity contribution in [2.24, 2.45) is 5.73 Å². The van der Waals surface area contributed by atoms with Gasteiger partial charge in [0.05, 0.1) is 11.1 Å². The molecule has 0 bridgehead atoms. The van der Waals surface area contributed by atoms with Gasteiger partial charge in [0.15, 0.2) is 0 Å². The minimum atomic E-state index is -0.524. The molecule has 0 saturated heterocycles. The highest BCUT2D eigenvalue weighted by atomic mass is 79.9. The number of carbonyl (C=O) groups is 4. The minimum absolute atomic E-state index is 0.0684. The predicted molar refractivity (Wildman–Crippen MR) is 103 cm³/mol. The summed E-state index contributed by atoms with van der Waals surface area (Å²) in [4.78, 5) is 48.7. The predicted octanol–water partition coefficient (Wildman–Crippen LogP) is 2.67. The molecule has 8 heteroatoms. The Morgan fingerprint density at radius 1 is 1.00 bits per heavy atom. The lowest BCUT2D eigenvalue weighted by atomic mass is 10.1. The molecule has 2 aromatic carbocycles. The van der Waals surface area contributed by atoms with Crippen LogP contribution in [0.4, 0.5) is 0 Å². The minimum Gasteiger partial charge on any atom is -0.461 e. The fourth-order valence-electron chi connectivity index (χ4n) is 2.85. The average Bonchev–Trinajstić information content (AvgIpc) is 2.91. The number of halogens is 1. The van der Waals surface area contributed by atoms with Crippen molar-refractivity contribution >= 4 is 39.6 Å². The van der Waals surface area contributed by atoms with Crippen LogP contribution in [0.25, 0.3) is 0 Å². The Bertz CT molecular complexity index is 956. The molecule has 0 unspecified atom stereocenters. The zero-order valence-corrected chi connectivity index (χ0v) is 16.4. The van der Waals surface area contributed by atoms with Gasteiger partial charge in [0.1, 0.15) is 6.61 Å². The number of fused-ring (bicyclic) bond motifs is 1. The van der Waals surface area contributed by atoms with Gasteiger partial charge in [0, 0.05) is 23.0 Å². The third-order valence-electron chi connectivity index (χ3n) is 4.33. The largest absolute Gasteiger partial charge is 0.461 e.